The van der Waals surface area contributed by atoms with Crippen molar-refractivity contribution in [2.24, 2.45) is 5.73 Å². The van der Waals surface area contributed by atoms with Crippen LogP contribution in [0.3, 0.4) is 0 Å². The van der Waals surface area contributed by atoms with E-state index in [1.807, 2.05) is 18.3 Å². The molecule has 8 nitrogen and oxygen atoms in total. The number of hydrogen-bond acceptors (Lipinski definition) is 4. The van der Waals surface area contributed by atoms with E-state index in [-0.39, 0.29) is 18.3 Å². The lowest BCUT2D eigenvalue weighted by atomic mass is 9.87. The second-order valence-corrected chi connectivity index (χ2v) is 6.10. The van der Waals surface area contributed by atoms with Gasteiger partial charge in [0.2, 0.25) is 5.91 Å². The molecule has 5 N–H and O–H groups in total. The largest absolute Gasteiger partial charge is 0.351 e. The molecule has 140 valence electrons. The monoisotopic (exact) mass is 378 g/mol. The third-order valence-corrected chi connectivity index (χ3v) is 4.44. The van der Waals surface area contributed by atoms with Crippen molar-refractivity contribution in [2.45, 2.75) is 24.9 Å². The fourth-order valence-corrected chi connectivity index (χ4v) is 3.17. The zero-order chi connectivity index (χ0) is 17.7. The normalized spacial score (nSPS) is 15.5. The van der Waals surface area contributed by atoms with Crippen molar-refractivity contribution < 1.29 is 9.59 Å². The number of amides is 3. The predicted molar refractivity (Wildman–Crippen MR) is 101 cm³/mol. The molecule has 0 atom stereocenters. The van der Waals surface area contributed by atoms with Crippen LogP contribution in [0.5, 0.6) is 0 Å². The van der Waals surface area contributed by atoms with Crippen LogP contribution in [0.2, 0.25) is 0 Å². The number of anilines is 1. The highest BCUT2D eigenvalue weighted by Gasteiger charge is 2.41. The zero-order valence-electron chi connectivity index (χ0n) is 14.3. The first-order valence-electron chi connectivity index (χ1n) is 8.25. The number of aromatic nitrogens is 2. The van der Waals surface area contributed by atoms with Gasteiger partial charge in [-0.3, -0.25) is 9.48 Å². The average Bonchev–Trinajstić information content (AvgIpc) is 3.15. The van der Waals surface area contributed by atoms with Gasteiger partial charge >= 0.3 is 6.03 Å². The highest BCUT2D eigenvalue weighted by atomic mass is 35.5. The van der Waals surface area contributed by atoms with E-state index in [4.69, 9.17) is 5.73 Å². The summed E-state index contributed by atoms with van der Waals surface area (Å²) in [6, 6.07) is 8.43. The molecule has 0 radical (unpaired) electrons. The summed E-state index contributed by atoms with van der Waals surface area (Å²) in [6.45, 7) is 1.90. The first-order chi connectivity index (χ1) is 12.1. The maximum Gasteiger partial charge on any atom is 0.316 e. The molecule has 1 saturated heterocycles. The number of primary amides is 1. The predicted octanol–water partition coefficient (Wildman–Crippen LogP) is 1.19. The lowest BCUT2D eigenvalue weighted by Crippen LogP contribution is -2.54. The van der Waals surface area contributed by atoms with Gasteiger partial charge in [0, 0.05) is 24.6 Å². The molecule has 0 unspecified atom stereocenters. The average molecular weight is 379 g/mol. The lowest BCUT2D eigenvalue weighted by Gasteiger charge is -2.36. The van der Waals surface area contributed by atoms with Gasteiger partial charge in [0.15, 0.2) is 0 Å². The van der Waals surface area contributed by atoms with Crippen molar-refractivity contribution in [3.05, 3.63) is 48.3 Å². The van der Waals surface area contributed by atoms with Gasteiger partial charge in [-0.2, -0.15) is 5.10 Å². The van der Waals surface area contributed by atoms with Crippen LogP contribution in [0.4, 0.5) is 10.5 Å². The fourth-order valence-electron chi connectivity index (χ4n) is 3.17. The summed E-state index contributed by atoms with van der Waals surface area (Å²) in [4.78, 5) is 23.9. The molecule has 2 heterocycles. The van der Waals surface area contributed by atoms with Crippen LogP contribution < -0.4 is 21.7 Å². The van der Waals surface area contributed by atoms with Crippen molar-refractivity contribution in [3.8, 4) is 0 Å². The Hall–Kier alpha value is -2.58. The Morgan fingerprint density at radius 3 is 2.69 bits per heavy atom. The van der Waals surface area contributed by atoms with E-state index < -0.39 is 11.6 Å². The molecule has 0 spiro atoms. The molecule has 0 aliphatic carbocycles. The Kier molecular flexibility index (Phi) is 6.59. The van der Waals surface area contributed by atoms with Crippen molar-refractivity contribution in [3.63, 3.8) is 0 Å². The molecule has 9 heteroatoms. The Labute approximate surface area is 157 Å². The number of rotatable bonds is 5. The molecule has 0 saturated carbocycles. The molecule has 3 amide bonds. The van der Waals surface area contributed by atoms with Crippen molar-refractivity contribution in [1.82, 2.24) is 20.4 Å². The summed E-state index contributed by atoms with van der Waals surface area (Å²) in [5.41, 5.74) is 5.94. The molecule has 1 aromatic carbocycles. The van der Waals surface area contributed by atoms with Crippen LogP contribution in [0, 0.1) is 0 Å². The number of carbonyl (C=O) groups excluding carboxylic acids is 2. The SMILES string of the molecule is Cl.NC(=O)Nc1cccc(CNC(=O)C2(n3cccn3)CCNCC2)c1. The zero-order valence-corrected chi connectivity index (χ0v) is 15.1. The standard InChI is InChI=1S/C17H22N6O2.ClH/c18-16(25)22-14-4-1-3-13(11-14)12-20-15(24)17(5-8-19-9-6-17)23-10-2-7-21-23;/h1-4,7,10-11,19H,5-6,8-9,12H2,(H,20,24)(H3,18,22,25);1H. The van der Waals surface area contributed by atoms with Crippen LogP contribution in [0.25, 0.3) is 0 Å². The number of hydrogen-bond donors (Lipinski definition) is 4. The van der Waals surface area contributed by atoms with Crippen molar-refractivity contribution in [1.29, 1.82) is 0 Å². The van der Waals surface area contributed by atoms with Gasteiger partial charge < -0.3 is 21.7 Å². The van der Waals surface area contributed by atoms with Gasteiger partial charge in [0.25, 0.3) is 0 Å². The minimum Gasteiger partial charge on any atom is -0.351 e. The van der Waals surface area contributed by atoms with Crippen LogP contribution in [0.15, 0.2) is 42.7 Å². The minimum absolute atomic E-state index is 0. The van der Waals surface area contributed by atoms with Gasteiger partial charge in [-0.15, -0.1) is 12.4 Å². The number of nitrogens with zero attached hydrogens (tertiary/aromatic N) is 2. The third kappa shape index (κ3) is 4.33. The third-order valence-electron chi connectivity index (χ3n) is 4.44. The molecule has 1 aliphatic heterocycles. The van der Waals surface area contributed by atoms with Crippen LogP contribution in [-0.4, -0.2) is 34.8 Å². The van der Waals surface area contributed by atoms with Gasteiger partial charge in [-0.05, 0) is 49.7 Å². The van der Waals surface area contributed by atoms with E-state index in [0.717, 1.165) is 18.7 Å². The van der Waals surface area contributed by atoms with Gasteiger partial charge in [-0.1, -0.05) is 12.1 Å². The topological polar surface area (TPSA) is 114 Å². The molecule has 1 fully saturated rings. The maximum absolute atomic E-state index is 13.0. The van der Waals surface area contributed by atoms with Gasteiger partial charge in [0.1, 0.15) is 5.54 Å². The molecule has 0 bridgehead atoms. The summed E-state index contributed by atoms with van der Waals surface area (Å²) in [5, 5.41) is 13.1. The highest BCUT2D eigenvalue weighted by Crippen LogP contribution is 2.27. The molecule has 1 aromatic heterocycles. The number of benzene rings is 1. The van der Waals surface area contributed by atoms with Crippen molar-refractivity contribution >= 4 is 30.0 Å². The number of piperidine rings is 1. The Morgan fingerprint density at radius 2 is 2.04 bits per heavy atom. The van der Waals surface area contributed by atoms with Crippen LogP contribution >= 0.6 is 12.4 Å². The second-order valence-electron chi connectivity index (χ2n) is 6.10. The number of nitrogens with one attached hydrogen (secondary N) is 3. The van der Waals surface area contributed by atoms with Gasteiger partial charge in [-0.25, -0.2) is 4.79 Å². The van der Waals surface area contributed by atoms with E-state index >= 15 is 0 Å². The summed E-state index contributed by atoms with van der Waals surface area (Å²) in [5.74, 6) is -0.0500. The molecule has 2 aromatic rings. The number of halogens is 1. The van der Waals surface area contributed by atoms with Crippen LogP contribution in [-0.2, 0) is 16.9 Å². The maximum atomic E-state index is 13.0. The Balaban J connectivity index is 0.00000243. The quantitative estimate of drug-likeness (QED) is 0.625. The summed E-state index contributed by atoms with van der Waals surface area (Å²) < 4.78 is 1.76. The minimum atomic E-state index is -0.669. The molecule has 26 heavy (non-hydrogen) atoms. The molecular formula is C17H23ClN6O2. The first-order valence-corrected chi connectivity index (χ1v) is 8.25. The summed E-state index contributed by atoms with van der Waals surface area (Å²) in [7, 11) is 0. The molecule has 3 rings (SSSR count). The van der Waals surface area contributed by atoms with E-state index in [0.29, 0.717) is 25.1 Å². The number of urea groups is 1. The Morgan fingerprint density at radius 1 is 1.27 bits per heavy atom. The van der Waals surface area contributed by atoms with Crippen LogP contribution in [0.1, 0.15) is 18.4 Å². The Bertz CT molecular complexity index is 743. The lowest BCUT2D eigenvalue weighted by molar-refractivity contribution is -0.132. The van der Waals surface area contributed by atoms with E-state index in [1.165, 1.54) is 0 Å². The van der Waals surface area contributed by atoms with Gasteiger partial charge in [0.05, 0.1) is 0 Å². The van der Waals surface area contributed by atoms with E-state index in [2.05, 4.69) is 21.0 Å². The smallest absolute Gasteiger partial charge is 0.316 e. The number of carbonyl (C=O) groups is 2. The summed E-state index contributed by atoms with van der Waals surface area (Å²) in [6.07, 6.45) is 4.89. The second kappa shape index (κ2) is 8.68. The summed E-state index contributed by atoms with van der Waals surface area (Å²) >= 11 is 0. The highest BCUT2D eigenvalue weighted by molar-refractivity contribution is 5.88. The molecular weight excluding hydrogens is 356 g/mol. The fraction of sp³-hybridized carbons (Fsp3) is 0.353. The first kappa shape index (κ1) is 19.7. The van der Waals surface area contributed by atoms with Crippen molar-refractivity contribution in [2.75, 3.05) is 18.4 Å². The molecule has 1 aliphatic rings. The van der Waals surface area contributed by atoms with E-state index in [1.54, 1.807) is 29.1 Å². The number of nitrogens with two attached hydrogens (primary N) is 1. The van der Waals surface area contributed by atoms with E-state index in [9.17, 15) is 9.59 Å².